The van der Waals surface area contributed by atoms with Crippen LogP contribution in [-0.2, 0) is 5.41 Å². The highest BCUT2D eigenvalue weighted by Crippen LogP contribution is 2.59. The first-order valence-electron chi connectivity index (χ1n) is 9.67. The quantitative estimate of drug-likeness (QED) is 0.239. The molecule has 4 aromatic carbocycles. The molecular weight excluding hydrogens is 395 g/mol. The largest absolute Gasteiger partial charge is 0.0843 e. The van der Waals surface area contributed by atoms with Crippen molar-refractivity contribution in [3.8, 4) is 11.1 Å². The van der Waals surface area contributed by atoms with Gasteiger partial charge in [-0.2, -0.15) is 0 Å². The minimum absolute atomic E-state index is 0.406. The van der Waals surface area contributed by atoms with E-state index in [0.717, 1.165) is 21.2 Å². The SMILES string of the molecule is Clc1ccc2c(c1)-c1cc(Cl)ccc1C21c2ccccc2C=Cc2ccccc21. The summed E-state index contributed by atoms with van der Waals surface area (Å²) in [4.78, 5) is 0. The number of hydrogen-bond donors (Lipinski definition) is 0. The fourth-order valence-electron chi connectivity index (χ4n) is 5.15. The van der Waals surface area contributed by atoms with E-state index < -0.39 is 5.41 Å². The van der Waals surface area contributed by atoms with Crippen molar-refractivity contribution in [2.75, 3.05) is 0 Å². The van der Waals surface area contributed by atoms with Gasteiger partial charge in [0.25, 0.3) is 0 Å². The van der Waals surface area contributed by atoms with Crippen LogP contribution in [0.4, 0.5) is 0 Å². The molecule has 138 valence electrons. The van der Waals surface area contributed by atoms with Crippen molar-refractivity contribution in [3.05, 3.63) is 128 Å². The van der Waals surface area contributed by atoms with Gasteiger partial charge in [-0.25, -0.2) is 0 Å². The third-order valence-corrected chi connectivity index (χ3v) is 6.70. The Bertz CT molecular complexity index is 1230. The van der Waals surface area contributed by atoms with Gasteiger partial charge in [-0.05, 0) is 68.8 Å². The third kappa shape index (κ3) is 2.22. The highest BCUT2D eigenvalue weighted by molar-refractivity contribution is 6.31. The van der Waals surface area contributed by atoms with Gasteiger partial charge in [0.1, 0.15) is 0 Å². The molecule has 4 aromatic rings. The molecule has 0 saturated heterocycles. The maximum absolute atomic E-state index is 6.44. The van der Waals surface area contributed by atoms with Crippen LogP contribution in [0.25, 0.3) is 23.3 Å². The van der Waals surface area contributed by atoms with Gasteiger partial charge in [-0.3, -0.25) is 0 Å². The van der Waals surface area contributed by atoms with E-state index in [2.05, 4.69) is 84.9 Å². The lowest BCUT2D eigenvalue weighted by atomic mass is 9.66. The summed E-state index contributed by atoms with van der Waals surface area (Å²) in [7, 11) is 0. The lowest BCUT2D eigenvalue weighted by molar-refractivity contribution is 0.766. The van der Waals surface area contributed by atoms with E-state index >= 15 is 0 Å². The molecule has 2 heteroatoms. The van der Waals surface area contributed by atoms with E-state index in [1.165, 1.54) is 33.4 Å². The minimum atomic E-state index is -0.406. The Balaban J connectivity index is 1.87. The first kappa shape index (κ1) is 17.1. The van der Waals surface area contributed by atoms with Gasteiger partial charge in [0.05, 0.1) is 5.41 Å². The summed E-state index contributed by atoms with van der Waals surface area (Å²) in [6.45, 7) is 0. The summed E-state index contributed by atoms with van der Waals surface area (Å²) >= 11 is 12.9. The van der Waals surface area contributed by atoms with E-state index in [1.54, 1.807) is 0 Å². The van der Waals surface area contributed by atoms with Gasteiger partial charge in [-0.1, -0.05) is 96.0 Å². The second kappa shape index (κ2) is 6.10. The molecule has 0 fully saturated rings. The normalized spacial score (nSPS) is 14.7. The molecule has 29 heavy (non-hydrogen) atoms. The maximum atomic E-state index is 6.44. The smallest absolute Gasteiger partial charge is 0.0725 e. The number of halogens is 2. The van der Waals surface area contributed by atoms with Crippen molar-refractivity contribution in [1.82, 2.24) is 0 Å². The molecule has 0 unspecified atom stereocenters. The third-order valence-electron chi connectivity index (χ3n) is 6.23. The summed E-state index contributed by atoms with van der Waals surface area (Å²) < 4.78 is 0. The van der Waals surface area contributed by atoms with Gasteiger partial charge in [0.2, 0.25) is 0 Å². The predicted octanol–water partition coefficient (Wildman–Crippen LogP) is 7.84. The van der Waals surface area contributed by atoms with Crippen LogP contribution in [0, 0.1) is 0 Å². The number of hydrogen-bond acceptors (Lipinski definition) is 0. The van der Waals surface area contributed by atoms with Gasteiger partial charge >= 0.3 is 0 Å². The number of fused-ring (bicyclic) bond motifs is 9. The Hall–Kier alpha value is -2.80. The molecular formula is C27H16Cl2. The average Bonchev–Trinajstić information content (AvgIpc) is 2.92. The van der Waals surface area contributed by atoms with E-state index in [9.17, 15) is 0 Å². The second-order valence-electron chi connectivity index (χ2n) is 7.64. The summed E-state index contributed by atoms with van der Waals surface area (Å²) in [5.74, 6) is 0. The Morgan fingerprint density at radius 1 is 0.483 bits per heavy atom. The standard InChI is InChI=1S/C27H16Cl2/c28-19-11-13-25-21(15-19)22-16-20(29)12-14-26(22)27(25)23-7-3-1-5-17(23)9-10-18-6-2-4-8-24(18)27/h1-16H. The number of rotatable bonds is 0. The molecule has 0 aromatic heterocycles. The predicted molar refractivity (Wildman–Crippen MR) is 123 cm³/mol. The maximum Gasteiger partial charge on any atom is 0.0725 e. The molecule has 0 aliphatic heterocycles. The van der Waals surface area contributed by atoms with Crippen LogP contribution >= 0.6 is 23.2 Å². The van der Waals surface area contributed by atoms with Crippen LogP contribution < -0.4 is 0 Å². The van der Waals surface area contributed by atoms with Crippen molar-refractivity contribution >= 4 is 35.4 Å². The van der Waals surface area contributed by atoms with Gasteiger partial charge < -0.3 is 0 Å². The van der Waals surface area contributed by atoms with Crippen molar-refractivity contribution in [1.29, 1.82) is 0 Å². The zero-order chi connectivity index (χ0) is 19.6. The highest BCUT2D eigenvalue weighted by Gasteiger charge is 2.48. The van der Waals surface area contributed by atoms with Gasteiger partial charge in [0.15, 0.2) is 0 Å². The van der Waals surface area contributed by atoms with Crippen LogP contribution in [0.5, 0.6) is 0 Å². The molecule has 6 rings (SSSR count). The van der Waals surface area contributed by atoms with Crippen molar-refractivity contribution in [2.24, 2.45) is 0 Å². The van der Waals surface area contributed by atoms with Crippen LogP contribution in [-0.4, -0.2) is 0 Å². The molecule has 0 nitrogen and oxygen atoms in total. The van der Waals surface area contributed by atoms with Gasteiger partial charge in [-0.15, -0.1) is 0 Å². The van der Waals surface area contributed by atoms with E-state index in [-0.39, 0.29) is 0 Å². The lowest BCUT2D eigenvalue weighted by Gasteiger charge is -2.35. The van der Waals surface area contributed by atoms with Crippen LogP contribution in [0.2, 0.25) is 10.0 Å². The molecule has 0 heterocycles. The molecule has 0 N–H and O–H groups in total. The first-order chi connectivity index (χ1) is 14.2. The topological polar surface area (TPSA) is 0 Å². The van der Waals surface area contributed by atoms with Crippen molar-refractivity contribution in [3.63, 3.8) is 0 Å². The van der Waals surface area contributed by atoms with Crippen LogP contribution in [0.15, 0.2) is 84.9 Å². The minimum Gasteiger partial charge on any atom is -0.0843 e. The molecule has 2 aliphatic rings. The second-order valence-corrected chi connectivity index (χ2v) is 8.51. The molecule has 1 spiro atoms. The van der Waals surface area contributed by atoms with E-state index in [0.29, 0.717) is 0 Å². The Labute approximate surface area is 180 Å². The monoisotopic (exact) mass is 410 g/mol. The van der Waals surface area contributed by atoms with Crippen molar-refractivity contribution in [2.45, 2.75) is 5.41 Å². The summed E-state index contributed by atoms with van der Waals surface area (Å²) in [6, 6.07) is 29.9. The molecule has 0 saturated carbocycles. The fraction of sp³-hybridized carbons (Fsp3) is 0.0370. The van der Waals surface area contributed by atoms with Crippen LogP contribution in [0.1, 0.15) is 33.4 Å². The summed E-state index contributed by atoms with van der Waals surface area (Å²) in [6.07, 6.45) is 4.46. The molecule has 0 radical (unpaired) electrons. The molecule has 0 atom stereocenters. The Kier molecular flexibility index (Phi) is 3.59. The van der Waals surface area contributed by atoms with E-state index in [4.69, 9.17) is 23.2 Å². The molecule has 0 bridgehead atoms. The molecule has 0 amide bonds. The van der Waals surface area contributed by atoms with Crippen molar-refractivity contribution < 1.29 is 0 Å². The summed E-state index contributed by atoms with van der Waals surface area (Å²) in [5.41, 5.74) is 9.43. The zero-order valence-electron chi connectivity index (χ0n) is 15.5. The highest BCUT2D eigenvalue weighted by atomic mass is 35.5. The Morgan fingerprint density at radius 2 is 0.931 bits per heavy atom. The molecule has 2 aliphatic carbocycles. The lowest BCUT2D eigenvalue weighted by Crippen LogP contribution is -2.29. The van der Waals surface area contributed by atoms with E-state index in [1.807, 2.05) is 12.1 Å². The average molecular weight is 411 g/mol. The van der Waals surface area contributed by atoms with Gasteiger partial charge in [0, 0.05) is 10.0 Å². The first-order valence-corrected chi connectivity index (χ1v) is 10.4. The number of benzene rings is 4. The zero-order valence-corrected chi connectivity index (χ0v) is 17.0. The van der Waals surface area contributed by atoms with Crippen LogP contribution in [0.3, 0.4) is 0 Å². The Morgan fingerprint density at radius 3 is 1.41 bits per heavy atom. The fourth-order valence-corrected chi connectivity index (χ4v) is 5.49. The summed E-state index contributed by atoms with van der Waals surface area (Å²) in [5, 5.41) is 1.47.